The summed E-state index contributed by atoms with van der Waals surface area (Å²) in [6.45, 7) is 3.12. The van der Waals surface area contributed by atoms with E-state index in [2.05, 4.69) is 43.7 Å². The van der Waals surface area contributed by atoms with Gasteiger partial charge < -0.3 is 20.4 Å². The molecule has 7 nitrogen and oxygen atoms in total. The van der Waals surface area contributed by atoms with Gasteiger partial charge in [-0.05, 0) is 86.5 Å². The molecule has 2 aromatic carbocycles. The van der Waals surface area contributed by atoms with Crippen LogP contribution in [0.15, 0.2) is 42.6 Å². The van der Waals surface area contributed by atoms with Gasteiger partial charge in [-0.15, -0.1) is 0 Å². The van der Waals surface area contributed by atoms with E-state index in [9.17, 15) is 4.79 Å². The van der Waals surface area contributed by atoms with Crippen molar-refractivity contribution in [1.29, 1.82) is 0 Å². The van der Waals surface area contributed by atoms with E-state index in [0.717, 1.165) is 24.1 Å². The number of amides is 1. The number of hydrogen-bond donors (Lipinski definition) is 2. The normalized spacial score (nSPS) is 19.7. The summed E-state index contributed by atoms with van der Waals surface area (Å²) in [4.78, 5) is 26.1. The van der Waals surface area contributed by atoms with Crippen molar-refractivity contribution in [2.75, 3.05) is 30.8 Å². The molecular weight excluding hydrogens is 472 g/mol. The summed E-state index contributed by atoms with van der Waals surface area (Å²) in [5.74, 6) is 0.920. The Kier molecular flexibility index (Phi) is 6.27. The number of aryl methyl sites for hydroxylation is 2. The van der Waals surface area contributed by atoms with Gasteiger partial charge in [0.15, 0.2) is 5.82 Å². The van der Waals surface area contributed by atoms with E-state index in [1.54, 1.807) is 18.1 Å². The Morgan fingerprint density at radius 3 is 2.64 bits per heavy atom. The maximum Gasteiger partial charge on any atom is 0.256 e. The fraction of sp³-hybridized carbons (Fsp3) is 0.393. The first-order chi connectivity index (χ1) is 17.5. The minimum Gasteiger partial charge on any atom is -0.338 e. The molecule has 186 valence electrons. The van der Waals surface area contributed by atoms with Gasteiger partial charge in [-0.3, -0.25) is 4.79 Å². The molecule has 6 rings (SSSR count). The second-order valence-corrected chi connectivity index (χ2v) is 10.5. The number of halogens is 1. The largest absolute Gasteiger partial charge is 0.338 e. The van der Waals surface area contributed by atoms with Crippen molar-refractivity contribution < 1.29 is 4.79 Å². The first-order valence-electron chi connectivity index (χ1n) is 12.8. The van der Waals surface area contributed by atoms with Crippen molar-refractivity contribution in [3.63, 3.8) is 0 Å². The van der Waals surface area contributed by atoms with Crippen LogP contribution in [0.25, 0.3) is 0 Å². The third-order valence-corrected chi connectivity index (χ3v) is 8.01. The molecule has 0 bridgehead atoms. The van der Waals surface area contributed by atoms with E-state index < -0.39 is 0 Å². The first kappa shape index (κ1) is 23.3. The maximum atomic E-state index is 12.6. The lowest BCUT2D eigenvalue weighted by Crippen LogP contribution is -2.32. The standard InChI is InChI=1S/C28H31ClN6O/c1-34-17-20-5-4-6-24(25(20)27(34)36)32-26-23(29)16-30-28(33-26)31-21-10-7-18-8-11-22(12-9-19(18)15-21)35-13-2-3-14-35/h4-7,10,15-16,22H,2-3,8-9,11-14,17H2,1H3,(H2,30,31,32,33). The smallest absolute Gasteiger partial charge is 0.256 e. The number of carbonyl (C=O) groups is 1. The number of nitrogens with one attached hydrogen (secondary N) is 2. The van der Waals surface area contributed by atoms with Crippen molar-refractivity contribution in [2.45, 2.75) is 51.1 Å². The summed E-state index contributed by atoms with van der Waals surface area (Å²) in [5, 5.41) is 7.02. The number of fused-ring (bicyclic) bond motifs is 2. The van der Waals surface area contributed by atoms with Crippen molar-refractivity contribution >= 4 is 40.6 Å². The molecule has 2 aliphatic heterocycles. The van der Waals surface area contributed by atoms with Crippen LogP contribution in [0, 0.1) is 0 Å². The van der Waals surface area contributed by atoms with Crippen LogP contribution in [-0.2, 0) is 19.4 Å². The number of rotatable bonds is 5. The molecule has 0 spiro atoms. The van der Waals surface area contributed by atoms with Gasteiger partial charge in [0.2, 0.25) is 5.95 Å². The third kappa shape index (κ3) is 4.53. The van der Waals surface area contributed by atoms with Gasteiger partial charge in [-0.2, -0.15) is 4.98 Å². The zero-order chi connectivity index (χ0) is 24.6. The number of aromatic nitrogens is 2. The van der Waals surface area contributed by atoms with Crippen LogP contribution in [0.4, 0.5) is 23.1 Å². The van der Waals surface area contributed by atoms with Crippen molar-refractivity contribution in [2.24, 2.45) is 0 Å². The van der Waals surface area contributed by atoms with E-state index in [4.69, 9.17) is 11.6 Å². The summed E-state index contributed by atoms with van der Waals surface area (Å²) in [6.07, 6.45) is 8.97. The lowest BCUT2D eigenvalue weighted by Gasteiger charge is -2.25. The number of benzene rings is 2. The Bertz CT molecular complexity index is 1310. The van der Waals surface area contributed by atoms with E-state index in [0.29, 0.717) is 40.6 Å². The van der Waals surface area contributed by atoms with E-state index in [-0.39, 0.29) is 5.91 Å². The van der Waals surface area contributed by atoms with Crippen LogP contribution in [-0.4, -0.2) is 51.9 Å². The molecule has 8 heteroatoms. The molecule has 3 heterocycles. The van der Waals surface area contributed by atoms with Crippen LogP contribution in [0.1, 0.15) is 52.7 Å². The molecule has 1 fully saturated rings. The highest BCUT2D eigenvalue weighted by Gasteiger charge is 2.28. The second-order valence-electron chi connectivity index (χ2n) is 10.1. The number of hydrogen-bond acceptors (Lipinski definition) is 6. The molecule has 1 amide bonds. The molecule has 3 aromatic rings. The zero-order valence-electron chi connectivity index (χ0n) is 20.6. The van der Waals surface area contributed by atoms with Gasteiger partial charge in [0.1, 0.15) is 5.02 Å². The predicted molar refractivity (Wildman–Crippen MR) is 144 cm³/mol. The van der Waals surface area contributed by atoms with Crippen LogP contribution in [0.5, 0.6) is 0 Å². The molecule has 3 aliphatic rings. The van der Waals surface area contributed by atoms with Gasteiger partial charge in [0.05, 0.1) is 17.4 Å². The summed E-state index contributed by atoms with van der Waals surface area (Å²) in [6, 6.07) is 13.1. The topological polar surface area (TPSA) is 73.4 Å². The number of likely N-dealkylation sites (tertiary alicyclic amines) is 1. The molecule has 1 atom stereocenters. The van der Waals surface area contributed by atoms with Gasteiger partial charge in [0.25, 0.3) is 5.91 Å². The van der Waals surface area contributed by atoms with E-state index >= 15 is 0 Å². The first-order valence-corrected chi connectivity index (χ1v) is 13.2. The molecule has 1 aliphatic carbocycles. The molecule has 1 unspecified atom stereocenters. The van der Waals surface area contributed by atoms with Crippen molar-refractivity contribution in [1.82, 2.24) is 19.8 Å². The van der Waals surface area contributed by atoms with Crippen LogP contribution in [0.2, 0.25) is 5.02 Å². The van der Waals surface area contributed by atoms with E-state index in [1.165, 1.54) is 49.9 Å². The minimum absolute atomic E-state index is 0.00595. The Morgan fingerprint density at radius 2 is 1.81 bits per heavy atom. The van der Waals surface area contributed by atoms with Crippen LogP contribution < -0.4 is 10.6 Å². The average molecular weight is 503 g/mol. The van der Waals surface area contributed by atoms with Crippen LogP contribution in [0.3, 0.4) is 0 Å². The van der Waals surface area contributed by atoms with Gasteiger partial charge in [-0.1, -0.05) is 29.8 Å². The Balaban J connectivity index is 1.19. The Morgan fingerprint density at radius 1 is 1.00 bits per heavy atom. The zero-order valence-corrected chi connectivity index (χ0v) is 21.3. The average Bonchev–Trinajstić information content (AvgIpc) is 3.45. The Labute approximate surface area is 216 Å². The molecule has 0 radical (unpaired) electrons. The molecule has 1 saturated heterocycles. The molecule has 2 N–H and O–H groups in total. The Hall–Kier alpha value is -3.16. The molecule has 36 heavy (non-hydrogen) atoms. The lowest BCUT2D eigenvalue weighted by atomic mass is 10.0. The van der Waals surface area contributed by atoms with E-state index in [1.807, 2.05) is 18.2 Å². The number of anilines is 4. The number of nitrogens with zero attached hydrogens (tertiary/aromatic N) is 4. The lowest BCUT2D eigenvalue weighted by molar-refractivity contribution is 0.0817. The minimum atomic E-state index is -0.00595. The van der Waals surface area contributed by atoms with Gasteiger partial charge in [0, 0.05) is 25.3 Å². The highest BCUT2D eigenvalue weighted by molar-refractivity contribution is 6.33. The monoisotopic (exact) mass is 502 g/mol. The van der Waals surface area contributed by atoms with Gasteiger partial charge >= 0.3 is 0 Å². The van der Waals surface area contributed by atoms with Crippen molar-refractivity contribution in [3.8, 4) is 0 Å². The maximum absolute atomic E-state index is 12.6. The summed E-state index contributed by atoms with van der Waals surface area (Å²) >= 11 is 6.43. The second kappa shape index (κ2) is 9.71. The predicted octanol–water partition coefficient (Wildman–Crippen LogP) is 5.55. The number of carbonyl (C=O) groups excluding carboxylic acids is 1. The van der Waals surface area contributed by atoms with Crippen LogP contribution >= 0.6 is 11.6 Å². The quantitative estimate of drug-likeness (QED) is 0.446. The molecular formula is C28H31ClN6O. The third-order valence-electron chi connectivity index (χ3n) is 7.73. The molecule has 0 saturated carbocycles. The fourth-order valence-electron chi connectivity index (χ4n) is 5.82. The summed E-state index contributed by atoms with van der Waals surface area (Å²) in [5.41, 5.74) is 6.20. The summed E-state index contributed by atoms with van der Waals surface area (Å²) in [7, 11) is 1.80. The summed E-state index contributed by atoms with van der Waals surface area (Å²) < 4.78 is 0. The van der Waals surface area contributed by atoms with Gasteiger partial charge in [-0.25, -0.2) is 4.98 Å². The fourth-order valence-corrected chi connectivity index (χ4v) is 5.96. The SMILES string of the molecule is CN1Cc2cccc(Nc3nc(Nc4ccc5c(c4)CCC(N4CCCC4)CC5)ncc3Cl)c2C1=O. The highest BCUT2D eigenvalue weighted by Crippen LogP contribution is 2.33. The molecule has 1 aromatic heterocycles. The van der Waals surface area contributed by atoms with Crippen molar-refractivity contribution in [3.05, 3.63) is 69.9 Å². The highest BCUT2D eigenvalue weighted by atomic mass is 35.5.